The zero-order chi connectivity index (χ0) is 21.4. The van der Waals surface area contributed by atoms with Crippen LogP contribution in [0.3, 0.4) is 0 Å². The fourth-order valence-electron chi connectivity index (χ4n) is 4.15. The van der Waals surface area contributed by atoms with Crippen LogP contribution >= 0.6 is 0 Å². The van der Waals surface area contributed by atoms with Crippen molar-refractivity contribution in [3.05, 3.63) is 54.1 Å². The molecule has 0 unspecified atom stereocenters. The first-order valence-corrected chi connectivity index (χ1v) is 10.4. The normalized spacial score (nSPS) is 24.7. The lowest BCUT2D eigenvalue weighted by atomic mass is 9.91. The summed E-state index contributed by atoms with van der Waals surface area (Å²) in [6.07, 6.45) is 0.981. The Balaban J connectivity index is 1.35. The van der Waals surface area contributed by atoms with E-state index in [-0.39, 0.29) is 30.8 Å². The van der Waals surface area contributed by atoms with Crippen LogP contribution in [0.15, 0.2) is 48.5 Å². The first kappa shape index (κ1) is 20.5. The summed E-state index contributed by atoms with van der Waals surface area (Å²) < 4.78 is 17.8. The highest BCUT2D eigenvalue weighted by molar-refractivity contribution is 5.78. The SMILES string of the molecule is CC1(C)Cc2cccc(OCC(=O)N3CC[C@H](Oc4ccccc4)[C@@](C)(O)C3)c2O1. The number of piperidine rings is 1. The number of fused-ring (bicyclic) bond motifs is 1. The zero-order valence-electron chi connectivity index (χ0n) is 17.8. The Kier molecular flexibility index (Phi) is 5.36. The van der Waals surface area contributed by atoms with Crippen LogP contribution in [0, 0.1) is 0 Å². The maximum absolute atomic E-state index is 12.8. The minimum Gasteiger partial charge on any atom is -0.487 e. The van der Waals surface area contributed by atoms with E-state index in [1.54, 1.807) is 11.8 Å². The maximum Gasteiger partial charge on any atom is 0.260 e. The molecule has 1 fully saturated rings. The van der Waals surface area contributed by atoms with Gasteiger partial charge in [-0.25, -0.2) is 0 Å². The van der Waals surface area contributed by atoms with Gasteiger partial charge in [-0.2, -0.15) is 0 Å². The molecule has 0 aliphatic carbocycles. The Morgan fingerprint density at radius 2 is 1.93 bits per heavy atom. The second-order valence-electron chi connectivity index (χ2n) is 8.95. The summed E-state index contributed by atoms with van der Waals surface area (Å²) in [5, 5.41) is 10.9. The molecule has 2 aromatic rings. The molecule has 2 atom stereocenters. The number of benzene rings is 2. The van der Waals surface area contributed by atoms with Crippen LogP contribution in [0.25, 0.3) is 0 Å². The molecule has 6 nitrogen and oxygen atoms in total. The van der Waals surface area contributed by atoms with Crippen molar-refractivity contribution in [2.45, 2.75) is 50.9 Å². The van der Waals surface area contributed by atoms with Gasteiger partial charge in [0.25, 0.3) is 5.91 Å². The molecule has 2 heterocycles. The minimum atomic E-state index is -1.15. The largest absolute Gasteiger partial charge is 0.487 e. The van der Waals surface area contributed by atoms with Gasteiger partial charge in [0.2, 0.25) is 0 Å². The number of β-amino-alcohol motifs (C(OH)–C–C–N with tert-alkyl or cyclic N) is 1. The molecule has 0 radical (unpaired) electrons. The van der Waals surface area contributed by atoms with Crippen LogP contribution in [0.2, 0.25) is 0 Å². The molecule has 0 bridgehead atoms. The first-order chi connectivity index (χ1) is 14.2. The van der Waals surface area contributed by atoms with E-state index in [0.29, 0.717) is 24.5 Å². The molecule has 160 valence electrons. The van der Waals surface area contributed by atoms with E-state index in [9.17, 15) is 9.90 Å². The van der Waals surface area contributed by atoms with Gasteiger partial charge >= 0.3 is 0 Å². The second kappa shape index (κ2) is 7.84. The van der Waals surface area contributed by atoms with Crippen molar-refractivity contribution >= 4 is 5.91 Å². The second-order valence-corrected chi connectivity index (χ2v) is 8.95. The number of aliphatic hydroxyl groups is 1. The van der Waals surface area contributed by atoms with Crippen molar-refractivity contribution in [1.82, 2.24) is 4.90 Å². The van der Waals surface area contributed by atoms with Crippen molar-refractivity contribution in [3.8, 4) is 17.2 Å². The summed E-state index contributed by atoms with van der Waals surface area (Å²) in [4.78, 5) is 14.4. The van der Waals surface area contributed by atoms with Gasteiger partial charge in [-0.05, 0) is 39.0 Å². The van der Waals surface area contributed by atoms with Gasteiger partial charge in [0.05, 0.1) is 6.54 Å². The third kappa shape index (κ3) is 4.38. The number of para-hydroxylation sites is 2. The average molecular weight is 411 g/mol. The number of hydrogen-bond acceptors (Lipinski definition) is 5. The topological polar surface area (TPSA) is 68.2 Å². The molecular weight excluding hydrogens is 382 g/mol. The lowest BCUT2D eigenvalue weighted by Crippen LogP contribution is -2.59. The Morgan fingerprint density at radius 3 is 2.67 bits per heavy atom. The molecule has 2 aliphatic heterocycles. The molecule has 1 N–H and O–H groups in total. The third-order valence-electron chi connectivity index (χ3n) is 5.65. The highest BCUT2D eigenvalue weighted by atomic mass is 16.5. The smallest absolute Gasteiger partial charge is 0.260 e. The minimum absolute atomic E-state index is 0.0967. The van der Waals surface area contributed by atoms with Gasteiger partial charge in [-0.15, -0.1) is 0 Å². The molecule has 0 spiro atoms. The third-order valence-corrected chi connectivity index (χ3v) is 5.65. The highest BCUT2D eigenvalue weighted by Gasteiger charge is 2.41. The molecule has 30 heavy (non-hydrogen) atoms. The first-order valence-electron chi connectivity index (χ1n) is 10.4. The Morgan fingerprint density at radius 1 is 1.17 bits per heavy atom. The lowest BCUT2D eigenvalue weighted by molar-refractivity contribution is -0.147. The van der Waals surface area contributed by atoms with E-state index in [1.165, 1.54) is 0 Å². The molecule has 2 aromatic carbocycles. The monoisotopic (exact) mass is 411 g/mol. The molecule has 2 aliphatic rings. The molecule has 0 saturated carbocycles. The number of carbonyl (C=O) groups excluding carboxylic acids is 1. The molecule has 1 amide bonds. The molecule has 1 saturated heterocycles. The van der Waals surface area contributed by atoms with Crippen LogP contribution in [0.5, 0.6) is 17.2 Å². The van der Waals surface area contributed by atoms with Gasteiger partial charge in [-0.3, -0.25) is 4.79 Å². The van der Waals surface area contributed by atoms with E-state index in [2.05, 4.69) is 0 Å². The van der Waals surface area contributed by atoms with Gasteiger partial charge < -0.3 is 24.2 Å². The van der Waals surface area contributed by atoms with Gasteiger partial charge in [0.15, 0.2) is 18.1 Å². The number of rotatable bonds is 5. The summed E-state index contributed by atoms with van der Waals surface area (Å²) in [6.45, 7) is 6.38. The number of ether oxygens (including phenoxy) is 3. The van der Waals surface area contributed by atoms with Crippen molar-refractivity contribution < 1.29 is 24.1 Å². The van der Waals surface area contributed by atoms with Gasteiger partial charge in [0, 0.05) is 24.9 Å². The number of hydrogen-bond donors (Lipinski definition) is 1. The summed E-state index contributed by atoms with van der Waals surface area (Å²) in [6, 6.07) is 15.2. The summed E-state index contributed by atoms with van der Waals surface area (Å²) in [5.74, 6) is 1.85. The summed E-state index contributed by atoms with van der Waals surface area (Å²) in [5.41, 5.74) is -0.331. The number of carbonyl (C=O) groups is 1. The summed E-state index contributed by atoms with van der Waals surface area (Å²) >= 11 is 0. The Hall–Kier alpha value is -2.73. The summed E-state index contributed by atoms with van der Waals surface area (Å²) in [7, 11) is 0. The van der Waals surface area contributed by atoms with Crippen molar-refractivity contribution in [1.29, 1.82) is 0 Å². The fourth-order valence-corrected chi connectivity index (χ4v) is 4.15. The van der Waals surface area contributed by atoms with E-state index >= 15 is 0 Å². The van der Waals surface area contributed by atoms with Crippen LogP contribution in [0.1, 0.15) is 32.8 Å². The van der Waals surface area contributed by atoms with Crippen LogP contribution in [0.4, 0.5) is 0 Å². The maximum atomic E-state index is 12.8. The highest BCUT2D eigenvalue weighted by Crippen LogP contribution is 2.41. The molecule has 4 rings (SSSR count). The number of likely N-dealkylation sites (tertiary alicyclic amines) is 1. The number of nitrogens with zero attached hydrogens (tertiary/aromatic N) is 1. The van der Waals surface area contributed by atoms with E-state index in [1.807, 2.05) is 62.4 Å². The zero-order valence-corrected chi connectivity index (χ0v) is 17.8. The standard InChI is InChI=1S/C24H29NO5/c1-23(2)14-17-8-7-11-19(22(17)30-23)28-15-21(26)25-13-12-20(24(3,27)16-25)29-18-9-5-4-6-10-18/h4-11,20,27H,12-16H2,1-3H3/t20-,24-/m0/s1. The van der Waals surface area contributed by atoms with Crippen LogP contribution < -0.4 is 14.2 Å². The van der Waals surface area contributed by atoms with Crippen LogP contribution in [-0.4, -0.2) is 52.9 Å². The lowest BCUT2D eigenvalue weighted by Gasteiger charge is -2.42. The molecular formula is C24H29NO5. The van der Waals surface area contributed by atoms with Gasteiger partial charge in [0.1, 0.15) is 23.1 Å². The Labute approximate surface area is 177 Å². The van der Waals surface area contributed by atoms with Crippen molar-refractivity contribution in [2.75, 3.05) is 19.7 Å². The van der Waals surface area contributed by atoms with Crippen molar-refractivity contribution in [2.24, 2.45) is 0 Å². The van der Waals surface area contributed by atoms with Crippen molar-refractivity contribution in [3.63, 3.8) is 0 Å². The quantitative estimate of drug-likeness (QED) is 0.818. The van der Waals surface area contributed by atoms with Gasteiger partial charge in [-0.1, -0.05) is 30.3 Å². The number of amides is 1. The van der Waals surface area contributed by atoms with E-state index < -0.39 is 5.60 Å². The molecule has 0 aromatic heterocycles. The Bertz CT molecular complexity index is 909. The molecule has 6 heteroatoms. The van der Waals surface area contributed by atoms with Crippen LogP contribution in [-0.2, 0) is 11.2 Å². The fraction of sp³-hybridized carbons (Fsp3) is 0.458. The van der Waals surface area contributed by atoms with E-state index in [0.717, 1.165) is 17.7 Å². The van der Waals surface area contributed by atoms with E-state index in [4.69, 9.17) is 14.2 Å². The predicted molar refractivity (Wildman–Crippen MR) is 113 cm³/mol. The predicted octanol–water partition coefficient (Wildman–Crippen LogP) is 3.21. The average Bonchev–Trinajstić information content (AvgIpc) is 3.02.